The van der Waals surface area contributed by atoms with Crippen molar-refractivity contribution in [3.05, 3.63) is 17.7 Å². The van der Waals surface area contributed by atoms with Crippen molar-refractivity contribution in [2.75, 3.05) is 14.2 Å². The average molecular weight is 254 g/mol. The molecule has 0 saturated heterocycles. The standard InChI is InChI=1S/C14H22O4/c1-4-5-6-11(15)7-10-8-12(17-2)14(16)13(9-10)18-3/h8-9,11,15-16H,4-7H2,1-3H3. The third-order valence-corrected chi connectivity index (χ3v) is 2.90. The molecule has 0 aliphatic carbocycles. The van der Waals surface area contributed by atoms with Crippen LogP contribution in [0.2, 0.25) is 0 Å². The first kappa shape index (κ1) is 14.6. The Morgan fingerprint density at radius 3 is 2.17 bits per heavy atom. The molecule has 1 unspecified atom stereocenters. The highest BCUT2D eigenvalue weighted by molar-refractivity contribution is 5.52. The van der Waals surface area contributed by atoms with E-state index in [0.717, 1.165) is 24.8 Å². The Bertz CT molecular complexity index is 351. The van der Waals surface area contributed by atoms with Crippen LogP contribution in [0, 0.1) is 0 Å². The molecule has 1 aromatic carbocycles. The summed E-state index contributed by atoms with van der Waals surface area (Å²) in [6.45, 7) is 2.10. The van der Waals surface area contributed by atoms with Crippen LogP contribution in [-0.2, 0) is 6.42 Å². The highest BCUT2D eigenvalue weighted by Gasteiger charge is 2.13. The van der Waals surface area contributed by atoms with E-state index in [2.05, 4.69) is 6.92 Å². The van der Waals surface area contributed by atoms with Crippen LogP contribution in [0.4, 0.5) is 0 Å². The minimum Gasteiger partial charge on any atom is -0.502 e. The van der Waals surface area contributed by atoms with Gasteiger partial charge in [-0.25, -0.2) is 0 Å². The zero-order chi connectivity index (χ0) is 13.5. The fourth-order valence-electron chi connectivity index (χ4n) is 1.88. The molecule has 1 rings (SSSR count). The Labute approximate surface area is 108 Å². The maximum atomic E-state index is 9.89. The monoisotopic (exact) mass is 254 g/mol. The summed E-state index contributed by atoms with van der Waals surface area (Å²) in [4.78, 5) is 0. The zero-order valence-corrected chi connectivity index (χ0v) is 11.3. The lowest BCUT2D eigenvalue weighted by atomic mass is 10.0. The van der Waals surface area contributed by atoms with Crippen molar-refractivity contribution in [3.63, 3.8) is 0 Å². The van der Waals surface area contributed by atoms with E-state index in [9.17, 15) is 10.2 Å². The summed E-state index contributed by atoms with van der Waals surface area (Å²) in [5.74, 6) is 0.728. The summed E-state index contributed by atoms with van der Waals surface area (Å²) in [5, 5.41) is 19.7. The second kappa shape index (κ2) is 7.11. The van der Waals surface area contributed by atoms with Gasteiger partial charge in [-0.3, -0.25) is 0 Å². The minimum absolute atomic E-state index is 0.00759. The molecule has 18 heavy (non-hydrogen) atoms. The molecule has 0 aliphatic rings. The largest absolute Gasteiger partial charge is 0.502 e. The molecule has 102 valence electrons. The summed E-state index contributed by atoms with van der Waals surface area (Å²) in [5.41, 5.74) is 0.894. The zero-order valence-electron chi connectivity index (χ0n) is 11.3. The van der Waals surface area contributed by atoms with Crippen LogP contribution in [-0.4, -0.2) is 30.5 Å². The number of hydrogen-bond acceptors (Lipinski definition) is 4. The van der Waals surface area contributed by atoms with E-state index < -0.39 is 0 Å². The molecule has 4 nitrogen and oxygen atoms in total. The number of aliphatic hydroxyl groups excluding tert-OH is 1. The number of benzene rings is 1. The summed E-state index contributed by atoms with van der Waals surface area (Å²) < 4.78 is 10.2. The van der Waals surface area contributed by atoms with Gasteiger partial charge in [0.2, 0.25) is 5.75 Å². The molecule has 0 bridgehead atoms. The maximum Gasteiger partial charge on any atom is 0.200 e. The first-order chi connectivity index (χ1) is 8.62. The predicted octanol–water partition coefficient (Wildman–Crippen LogP) is 2.50. The fraction of sp³-hybridized carbons (Fsp3) is 0.571. The molecular formula is C14H22O4. The van der Waals surface area contributed by atoms with Gasteiger partial charge >= 0.3 is 0 Å². The number of methoxy groups -OCH3 is 2. The molecule has 0 spiro atoms. The summed E-state index contributed by atoms with van der Waals surface area (Å²) >= 11 is 0. The Hall–Kier alpha value is -1.42. The lowest BCUT2D eigenvalue weighted by Crippen LogP contribution is -2.10. The Balaban J connectivity index is 2.82. The van der Waals surface area contributed by atoms with Crippen molar-refractivity contribution < 1.29 is 19.7 Å². The number of aromatic hydroxyl groups is 1. The van der Waals surface area contributed by atoms with E-state index in [4.69, 9.17) is 9.47 Å². The predicted molar refractivity (Wildman–Crippen MR) is 70.4 cm³/mol. The van der Waals surface area contributed by atoms with Crippen molar-refractivity contribution in [2.45, 2.75) is 38.7 Å². The van der Waals surface area contributed by atoms with Crippen LogP contribution in [0.3, 0.4) is 0 Å². The topological polar surface area (TPSA) is 58.9 Å². The van der Waals surface area contributed by atoms with Crippen LogP contribution < -0.4 is 9.47 Å². The van der Waals surface area contributed by atoms with Gasteiger partial charge in [-0.1, -0.05) is 19.8 Å². The second-order valence-corrected chi connectivity index (χ2v) is 4.35. The van der Waals surface area contributed by atoms with E-state index in [1.54, 1.807) is 12.1 Å². The summed E-state index contributed by atoms with van der Waals surface area (Å²) in [6.07, 6.45) is 3.02. The van der Waals surface area contributed by atoms with E-state index in [1.807, 2.05) is 0 Å². The van der Waals surface area contributed by atoms with Gasteiger partial charge in [-0.05, 0) is 30.5 Å². The van der Waals surface area contributed by atoms with E-state index in [1.165, 1.54) is 14.2 Å². The molecule has 0 saturated carbocycles. The number of rotatable bonds is 7. The van der Waals surface area contributed by atoms with E-state index >= 15 is 0 Å². The molecule has 0 aromatic heterocycles. The lowest BCUT2D eigenvalue weighted by Gasteiger charge is -2.14. The Morgan fingerprint density at radius 2 is 1.72 bits per heavy atom. The number of phenols is 1. The molecule has 1 atom stereocenters. The maximum absolute atomic E-state index is 9.89. The van der Waals surface area contributed by atoms with Gasteiger partial charge in [0.1, 0.15) is 0 Å². The third-order valence-electron chi connectivity index (χ3n) is 2.90. The van der Waals surface area contributed by atoms with E-state index in [-0.39, 0.29) is 11.9 Å². The van der Waals surface area contributed by atoms with Crippen LogP contribution in [0.25, 0.3) is 0 Å². The quantitative estimate of drug-likeness (QED) is 0.785. The van der Waals surface area contributed by atoms with Crippen LogP contribution in [0.1, 0.15) is 31.7 Å². The van der Waals surface area contributed by atoms with Crippen molar-refractivity contribution in [1.29, 1.82) is 0 Å². The fourth-order valence-corrected chi connectivity index (χ4v) is 1.88. The molecule has 0 heterocycles. The Morgan fingerprint density at radius 1 is 1.17 bits per heavy atom. The van der Waals surface area contributed by atoms with Crippen LogP contribution in [0.5, 0.6) is 17.2 Å². The van der Waals surface area contributed by atoms with Gasteiger partial charge in [0.05, 0.1) is 20.3 Å². The van der Waals surface area contributed by atoms with Gasteiger partial charge < -0.3 is 19.7 Å². The van der Waals surface area contributed by atoms with Crippen LogP contribution in [0.15, 0.2) is 12.1 Å². The van der Waals surface area contributed by atoms with Crippen molar-refractivity contribution >= 4 is 0 Å². The third kappa shape index (κ3) is 3.81. The van der Waals surface area contributed by atoms with Gasteiger partial charge in [0, 0.05) is 0 Å². The first-order valence-electron chi connectivity index (χ1n) is 6.24. The number of phenolic OH excluding ortho intramolecular Hbond substituents is 1. The molecule has 2 N–H and O–H groups in total. The second-order valence-electron chi connectivity index (χ2n) is 4.35. The number of unbranched alkanes of at least 4 members (excludes halogenated alkanes) is 1. The van der Waals surface area contributed by atoms with Crippen molar-refractivity contribution in [3.8, 4) is 17.2 Å². The highest BCUT2D eigenvalue weighted by atomic mass is 16.5. The highest BCUT2D eigenvalue weighted by Crippen LogP contribution is 2.37. The molecule has 4 heteroatoms. The lowest BCUT2D eigenvalue weighted by molar-refractivity contribution is 0.161. The molecule has 0 amide bonds. The van der Waals surface area contributed by atoms with Gasteiger partial charge in [-0.2, -0.15) is 0 Å². The summed E-state index contributed by atoms with van der Waals surface area (Å²) in [6, 6.07) is 3.46. The van der Waals surface area contributed by atoms with Gasteiger partial charge in [0.25, 0.3) is 0 Å². The number of aliphatic hydroxyl groups is 1. The molecule has 0 radical (unpaired) electrons. The van der Waals surface area contributed by atoms with Crippen molar-refractivity contribution in [1.82, 2.24) is 0 Å². The van der Waals surface area contributed by atoms with Crippen molar-refractivity contribution in [2.24, 2.45) is 0 Å². The minimum atomic E-state index is -0.371. The molecule has 0 aliphatic heterocycles. The number of ether oxygens (including phenoxy) is 2. The van der Waals surface area contributed by atoms with Crippen LogP contribution >= 0.6 is 0 Å². The number of hydrogen-bond donors (Lipinski definition) is 2. The van der Waals surface area contributed by atoms with Gasteiger partial charge in [-0.15, -0.1) is 0 Å². The smallest absolute Gasteiger partial charge is 0.200 e. The average Bonchev–Trinajstić information content (AvgIpc) is 2.38. The normalized spacial score (nSPS) is 12.2. The van der Waals surface area contributed by atoms with E-state index in [0.29, 0.717) is 17.9 Å². The SMILES string of the molecule is CCCCC(O)Cc1cc(OC)c(O)c(OC)c1. The molecule has 0 fully saturated rings. The first-order valence-corrected chi connectivity index (χ1v) is 6.24. The van der Waals surface area contributed by atoms with Gasteiger partial charge in [0.15, 0.2) is 11.5 Å². The Kier molecular flexibility index (Phi) is 5.78. The summed E-state index contributed by atoms with van der Waals surface area (Å²) in [7, 11) is 2.98. The molecule has 1 aromatic rings. The molecular weight excluding hydrogens is 232 g/mol.